The second-order valence-corrected chi connectivity index (χ2v) is 6.61. The lowest BCUT2D eigenvalue weighted by atomic mass is 10.1. The lowest BCUT2D eigenvalue weighted by Crippen LogP contribution is -2.39. The van der Waals surface area contributed by atoms with Gasteiger partial charge in [0.25, 0.3) is 10.0 Å². The second-order valence-electron chi connectivity index (χ2n) is 4.71. The standard InChI is InChI=1S/C10H16N4O2S/c15-17(16,10-5-11-7-12-10)14-4-3-8-1-2-9(6-14)13-8/h5,7-9,13H,1-4,6H2,(H,11,12). The fraction of sp³-hybridized carbons (Fsp3) is 0.700. The zero-order chi connectivity index (χ0) is 11.9. The summed E-state index contributed by atoms with van der Waals surface area (Å²) in [6.07, 6.45) is 5.90. The topological polar surface area (TPSA) is 78.1 Å². The van der Waals surface area contributed by atoms with E-state index in [0.717, 1.165) is 12.8 Å². The molecule has 2 fully saturated rings. The zero-order valence-corrected chi connectivity index (χ0v) is 10.3. The Bertz CT molecular complexity index is 484. The van der Waals surface area contributed by atoms with Crippen LogP contribution in [0.2, 0.25) is 0 Å². The van der Waals surface area contributed by atoms with Gasteiger partial charge in [-0.05, 0) is 19.3 Å². The SMILES string of the molecule is O=S(=O)(c1cnc[nH]1)N1CCC2CCC(C1)N2. The Morgan fingerprint density at radius 2 is 2.12 bits per heavy atom. The lowest BCUT2D eigenvalue weighted by molar-refractivity contribution is 0.382. The van der Waals surface area contributed by atoms with Gasteiger partial charge in [-0.2, -0.15) is 4.31 Å². The average Bonchev–Trinajstić information content (AvgIpc) is 2.87. The molecule has 0 aromatic carbocycles. The highest BCUT2D eigenvalue weighted by Gasteiger charge is 2.35. The molecular formula is C10H16N4O2S. The number of fused-ring (bicyclic) bond motifs is 2. The van der Waals surface area contributed by atoms with E-state index in [1.165, 1.54) is 18.9 Å². The quantitative estimate of drug-likeness (QED) is 0.776. The van der Waals surface area contributed by atoms with Crippen molar-refractivity contribution in [3.05, 3.63) is 12.5 Å². The molecule has 0 saturated carbocycles. The van der Waals surface area contributed by atoms with Gasteiger partial charge >= 0.3 is 0 Å². The third kappa shape index (κ3) is 1.98. The minimum absolute atomic E-state index is 0.190. The van der Waals surface area contributed by atoms with Gasteiger partial charge in [0, 0.05) is 25.2 Å². The molecule has 0 aliphatic carbocycles. The normalized spacial score (nSPS) is 30.4. The van der Waals surface area contributed by atoms with E-state index in [1.54, 1.807) is 4.31 Å². The highest BCUT2D eigenvalue weighted by Crippen LogP contribution is 2.23. The summed E-state index contributed by atoms with van der Waals surface area (Å²) in [7, 11) is -3.39. The van der Waals surface area contributed by atoms with Gasteiger partial charge < -0.3 is 10.3 Å². The maximum absolute atomic E-state index is 12.3. The Balaban J connectivity index is 1.85. The van der Waals surface area contributed by atoms with Crippen molar-refractivity contribution in [3.63, 3.8) is 0 Å². The molecule has 2 bridgehead atoms. The molecule has 1 aromatic heterocycles. The first-order chi connectivity index (χ1) is 8.16. The number of hydrogen-bond acceptors (Lipinski definition) is 4. The number of imidazole rings is 1. The summed E-state index contributed by atoms with van der Waals surface area (Å²) in [6, 6.07) is 0.794. The molecule has 0 spiro atoms. The zero-order valence-electron chi connectivity index (χ0n) is 9.46. The maximum Gasteiger partial charge on any atom is 0.260 e. The molecule has 2 N–H and O–H groups in total. The molecule has 2 aliphatic rings. The first-order valence-electron chi connectivity index (χ1n) is 5.91. The van der Waals surface area contributed by atoms with Gasteiger partial charge in [-0.1, -0.05) is 0 Å². The van der Waals surface area contributed by atoms with E-state index < -0.39 is 10.0 Å². The van der Waals surface area contributed by atoms with Crippen LogP contribution in [0.1, 0.15) is 19.3 Å². The fourth-order valence-electron chi connectivity index (χ4n) is 2.65. The van der Waals surface area contributed by atoms with Crippen molar-refractivity contribution < 1.29 is 8.42 Å². The van der Waals surface area contributed by atoms with Crippen LogP contribution in [-0.4, -0.2) is 47.9 Å². The van der Waals surface area contributed by atoms with Gasteiger partial charge in [-0.15, -0.1) is 0 Å². The fourth-order valence-corrected chi connectivity index (χ4v) is 4.05. The summed E-state index contributed by atoms with van der Waals surface area (Å²) in [5.41, 5.74) is 0. The summed E-state index contributed by atoms with van der Waals surface area (Å²) in [6.45, 7) is 1.16. The van der Waals surface area contributed by atoms with Gasteiger partial charge in [-0.3, -0.25) is 0 Å². The molecular weight excluding hydrogens is 240 g/mol. The molecule has 2 atom stereocenters. The van der Waals surface area contributed by atoms with E-state index >= 15 is 0 Å². The third-order valence-corrected chi connectivity index (χ3v) is 5.37. The average molecular weight is 256 g/mol. The van der Waals surface area contributed by atoms with Crippen LogP contribution >= 0.6 is 0 Å². The predicted molar refractivity (Wildman–Crippen MR) is 61.9 cm³/mol. The first-order valence-corrected chi connectivity index (χ1v) is 7.35. The molecule has 6 nitrogen and oxygen atoms in total. The van der Waals surface area contributed by atoms with Gasteiger partial charge in [0.15, 0.2) is 5.03 Å². The number of H-pyrrole nitrogens is 1. The van der Waals surface area contributed by atoms with Crippen molar-refractivity contribution in [2.45, 2.75) is 36.4 Å². The molecule has 17 heavy (non-hydrogen) atoms. The van der Waals surface area contributed by atoms with Crippen LogP contribution in [0.4, 0.5) is 0 Å². The molecule has 2 aliphatic heterocycles. The van der Waals surface area contributed by atoms with Crippen LogP contribution in [-0.2, 0) is 10.0 Å². The number of nitrogens with one attached hydrogen (secondary N) is 2. The highest BCUT2D eigenvalue weighted by atomic mass is 32.2. The predicted octanol–water partition coefficient (Wildman–Crippen LogP) is -0.0753. The molecule has 2 saturated heterocycles. The summed E-state index contributed by atoms with van der Waals surface area (Å²) < 4.78 is 26.2. The van der Waals surface area contributed by atoms with Crippen LogP contribution in [0.15, 0.2) is 17.6 Å². The lowest BCUT2D eigenvalue weighted by Gasteiger charge is -2.22. The summed E-state index contributed by atoms with van der Waals surface area (Å²) in [5.74, 6) is 0. The molecule has 0 amide bonds. The minimum Gasteiger partial charge on any atom is -0.335 e. The number of nitrogens with zero attached hydrogens (tertiary/aromatic N) is 2. The summed E-state index contributed by atoms with van der Waals surface area (Å²) >= 11 is 0. The number of rotatable bonds is 2. The van der Waals surface area contributed by atoms with E-state index in [-0.39, 0.29) is 5.03 Å². The Morgan fingerprint density at radius 3 is 2.88 bits per heavy atom. The first kappa shape index (κ1) is 11.2. The summed E-state index contributed by atoms with van der Waals surface area (Å²) in [5, 5.41) is 3.66. The largest absolute Gasteiger partial charge is 0.335 e. The molecule has 7 heteroatoms. The Morgan fingerprint density at radius 1 is 1.29 bits per heavy atom. The smallest absolute Gasteiger partial charge is 0.260 e. The Kier molecular flexibility index (Phi) is 2.68. The van der Waals surface area contributed by atoms with Crippen molar-refractivity contribution >= 4 is 10.0 Å². The van der Waals surface area contributed by atoms with E-state index in [2.05, 4.69) is 15.3 Å². The van der Waals surface area contributed by atoms with Gasteiger partial charge in [0.1, 0.15) is 0 Å². The van der Waals surface area contributed by atoms with Gasteiger partial charge in [-0.25, -0.2) is 13.4 Å². The van der Waals surface area contributed by atoms with Crippen molar-refractivity contribution in [3.8, 4) is 0 Å². The Labute approximate surface area is 100 Å². The van der Waals surface area contributed by atoms with Gasteiger partial charge in [0.2, 0.25) is 0 Å². The minimum atomic E-state index is -3.39. The van der Waals surface area contributed by atoms with E-state index in [4.69, 9.17) is 0 Å². The van der Waals surface area contributed by atoms with E-state index in [0.29, 0.717) is 25.2 Å². The van der Waals surface area contributed by atoms with Crippen LogP contribution in [0.25, 0.3) is 0 Å². The van der Waals surface area contributed by atoms with E-state index in [9.17, 15) is 8.42 Å². The molecule has 3 rings (SSSR count). The van der Waals surface area contributed by atoms with Crippen LogP contribution in [0.3, 0.4) is 0 Å². The van der Waals surface area contributed by atoms with Crippen molar-refractivity contribution in [2.24, 2.45) is 0 Å². The maximum atomic E-state index is 12.3. The summed E-state index contributed by atoms with van der Waals surface area (Å²) in [4.78, 5) is 6.46. The van der Waals surface area contributed by atoms with Crippen LogP contribution in [0.5, 0.6) is 0 Å². The molecule has 94 valence electrons. The molecule has 2 unspecified atom stereocenters. The third-order valence-electron chi connectivity index (χ3n) is 3.58. The van der Waals surface area contributed by atoms with Crippen molar-refractivity contribution in [1.29, 1.82) is 0 Å². The van der Waals surface area contributed by atoms with Crippen molar-refractivity contribution in [2.75, 3.05) is 13.1 Å². The number of aromatic nitrogens is 2. The molecule has 0 radical (unpaired) electrons. The number of aromatic amines is 1. The van der Waals surface area contributed by atoms with Gasteiger partial charge in [0.05, 0.1) is 12.5 Å². The molecule has 1 aromatic rings. The highest BCUT2D eigenvalue weighted by molar-refractivity contribution is 7.89. The van der Waals surface area contributed by atoms with E-state index in [1.807, 2.05) is 0 Å². The monoisotopic (exact) mass is 256 g/mol. The second kappa shape index (κ2) is 4.08. The number of hydrogen-bond donors (Lipinski definition) is 2. The number of sulfonamides is 1. The Hall–Kier alpha value is -0.920. The van der Waals surface area contributed by atoms with Crippen molar-refractivity contribution in [1.82, 2.24) is 19.6 Å². The molecule has 3 heterocycles. The van der Waals surface area contributed by atoms with Crippen LogP contribution < -0.4 is 5.32 Å². The van der Waals surface area contributed by atoms with Crippen LogP contribution in [0, 0.1) is 0 Å².